The predicted molar refractivity (Wildman–Crippen MR) is 86.5 cm³/mol. The van der Waals surface area contributed by atoms with E-state index < -0.39 is 35.6 Å². The van der Waals surface area contributed by atoms with Gasteiger partial charge in [-0.2, -0.15) is 26.3 Å². The minimum absolute atomic E-state index is 0.319. The Balaban J connectivity index is 2.45. The van der Waals surface area contributed by atoms with Crippen LogP contribution < -0.4 is 10.6 Å². The average molecular weight is 376 g/mol. The van der Waals surface area contributed by atoms with Crippen molar-refractivity contribution in [2.24, 2.45) is 0 Å². The fourth-order valence-corrected chi connectivity index (χ4v) is 2.87. The Hall–Kier alpha value is -2.06. The first-order valence-corrected chi connectivity index (χ1v) is 7.76. The van der Waals surface area contributed by atoms with Gasteiger partial charge >= 0.3 is 12.4 Å². The number of halogens is 6. The molecular weight excluding hydrogens is 358 g/mol. The molecule has 142 valence electrons. The minimum atomic E-state index is -4.50. The van der Waals surface area contributed by atoms with Gasteiger partial charge < -0.3 is 10.6 Å². The maximum atomic E-state index is 13.0. The number of rotatable bonds is 5. The Bertz CT molecular complexity index is 675. The number of alkyl halides is 6. The van der Waals surface area contributed by atoms with Crippen molar-refractivity contribution in [1.29, 1.82) is 0 Å². The van der Waals surface area contributed by atoms with Crippen molar-refractivity contribution in [2.75, 3.05) is 14.1 Å². The summed E-state index contributed by atoms with van der Waals surface area (Å²) < 4.78 is 77.8. The second-order valence-electron chi connectivity index (χ2n) is 5.78. The van der Waals surface area contributed by atoms with Crippen LogP contribution in [0.25, 0.3) is 0 Å². The molecule has 2 unspecified atom stereocenters. The van der Waals surface area contributed by atoms with Crippen LogP contribution in [0.15, 0.2) is 48.5 Å². The molecule has 0 radical (unpaired) electrons. The van der Waals surface area contributed by atoms with Gasteiger partial charge in [0.15, 0.2) is 0 Å². The number of nitrogens with one attached hydrogen (secondary N) is 2. The van der Waals surface area contributed by atoms with E-state index in [1.54, 1.807) is 14.1 Å². The molecular formula is C18H18F6N2. The molecule has 0 heterocycles. The Morgan fingerprint density at radius 1 is 0.654 bits per heavy atom. The SMILES string of the molecule is CNC(c1cccc(C(F)(F)F)c1)C(NC)c1cccc(C(F)(F)F)c1. The van der Waals surface area contributed by atoms with E-state index in [2.05, 4.69) is 10.6 Å². The smallest absolute Gasteiger partial charge is 0.311 e. The number of likely N-dealkylation sites (N-methyl/N-ethyl adjacent to an activating group) is 2. The minimum Gasteiger partial charge on any atom is -0.311 e. The summed E-state index contributed by atoms with van der Waals surface area (Å²) in [6.07, 6.45) is -9.00. The van der Waals surface area contributed by atoms with E-state index in [-0.39, 0.29) is 0 Å². The molecule has 0 spiro atoms. The van der Waals surface area contributed by atoms with Crippen molar-refractivity contribution in [2.45, 2.75) is 24.4 Å². The third-order valence-electron chi connectivity index (χ3n) is 4.10. The van der Waals surface area contributed by atoms with Crippen LogP contribution in [-0.2, 0) is 12.4 Å². The quantitative estimate of drug-likeness (QED) is 0.722. The second-order valence-corrected chi connectivity index (χ2v) is 5.78. The third kappa shape index (κ3) is 4.56. The van der Waals surface area contributed by atoms with E-state index in [1.165, 1.54) is 24.3 Å². The predicted octanol–water partition coefficient (Wildman–Crippen LogP) is 4.95. The highest BCUT2D eigenvalue weighted by Gasteiger charge is 2.33. The van der Waals surface area contributed by atoms with Crippen molar-refractivity contribution in [3.05, 3.63) is 70.8 Å². The van der Waals surface area contributed by atoms with Crippen LogP contribution in [-0.4, -0.2) is 14.1 Å². The Kier molecular flexibility index (Phi) is 5.98. The summed E-state index contributed by atoms with van der Waals surface area (Å²) >= 11 is 0. The van der Waals surface area contributed by atoms with Crippen molar-refractivity contribution in [1.82, 2.24) is 10.6 Å². The molecule has 0 aromatic heterocycles. The van der Waals surface area contributed by atoms with Gasteiger partial charge in [-0.15, -0.1) is 0 Å². The van der Waals surface area contributed by atoms with E-state index >= 15 is 0 Å². The topological polar surface area (TPSA) is 24.1 Å². The van der Waals surface area contributed by atoms with Gasteiger partial charge in [-0.25, -0.2) is 0 Å². The monoisotopic (exact) mass is 376 g/mol. The Morgan fingerprint density at radius 3 is 1.27 bits per heavy atom. The molecule has 2 atom stereocenters. The van der Waals surface area contributed by atoms with Crippen molar-refractivity contribution >= 4 is 0 Å². The average Bonchev–Trinajstić information content (AvgIpc) is 2.58. The standard InChI is InChI=1S/C18H18F6N2/c1-25-15(11-5-3-7-13(9-11)17(19,20)21)16(26-2)12-6-4-8-14(10-12)18(22,23)24/h3-10,15-16,25-26H,1-2H3. The van der Waals surface area contributed by atoms with E-state index in [4.69, 9.17) is 0 Å². The Morgan fingerprint density at radius 2 is 1.00 bits per heavy atom. The fraction of sp³-hybridized carbons (Fsp3) is 0.333. The van der Waals surface area contributed by atoms with Crippen molar-refractivity contribution < 1.29 is 26.3 Å². The number of hydrogen-bond donors (Lipinski definition) is 2. The van der Waals surface area contributed by atoms with Gasteiger partial charge in [-0.05, 0) is 49.5 Å². The fourth-order valence-electron chi connectivity index (χ4n) is 2.87. The zero-order valence-electron chi connectivity index (χ0n) is 14.0. The summed E-state index contributed by atoms with van der Waals surface area (Å²) in [7, 11) is 3.09. The molecule has 26 heavy (non-hydrogen) atoms. The third-order valence-corrected chi connectivity index (χ3v) is 4.10. The molecule has 2 aromatic carbocycles. The lowest BCUT2D eigenvalue weighted by molar-refractivity contribution is -0.138. The molecule has 0 aliphatic carbocycles. The van der Waals surface area contributed by atoms with Gasteiger partial charge in [0, 0.05) is 0 Å². The highest BCUT2D eigenvalue weighted by molar-refractivity contribution is 5.34. The maximum absolute atomic E-state index is 13.0. The lowest BCUT2D eigenvalue weighted by Crippen LogP contribution is -2.32. The molecule has 2 aromatic rings. The van der Waals surface area contributed by atoms with Crippen LogP contribution in [0.2, 0.25) is 0 Å². The van der Waals surface area contributed by atoms with Crippen LogP contribution in [0, 0.1) is 0 Å². The maximum Gasteiger partial charge on any atom is 0.416 e. The van der Waals surface area contributed by atoms with Gasteiger partial charge in [0.1, 0.15) is 0 Å². The molecule has 0 aliphatic rings. The first kappa shape index (κ1) is 20.3. The van der Waals surface area contributed by atoms with E-state index in [0.717, 1.165) is 24.3 Å². The van der Waals surface area contributed by atoms with Crippen molar-refractivity contribution in [3.8, 4) is 0 Å². The van der Waals surface area contributed by atoms with Crippen LogP contribution in [0.1, 0.15) is 34.3 Å². The summed E-state index contributed by atoms with van der Waals surface area (Å²) in [4.78, 5) is 0. The molecule has 2 N–H and O–H groups in total. The molecule has 2 nitrogen and oxygen atoms in total. The van der Waals surface area contributed by atoms with Crippen LogP contribution in [0.3, 0.4) is 0 Å². The van der Waals surface area contributed by atoms with Gasteiger partial charge in [0.05, 0.1) is 23.2 Å². The van der Waals surface area contributed by atoms with Gasteiger partial charge in [0.2, 0.25) is 0 Å². The molecule has 0 aliphatic heterocycles. The molecule has 0 saturated heterocycles. The zero-order chi connectivity index (χ0) is 19.5. The number of benzene rings is 2. The number of hydrogen-bond acceptors (Lipinski definition) is 2. The van der Waals surface area contributed by atoms with Crippen LogP contribution in [0.5, 0.6) is 0 Å². The summed E-state index contributed by atoms with van der Waals surface area (Å²) in [5.41, 5.74) is -0.985. The summed E-state index contributed by atoms with van der Waals surface area (Å²) in [6.45, 7) is 0. The summed E-state index contributed by atoms with van der Waals surface area (Å²) in [5.74, 6) is 0. The largest absolute Gasteiger partial charge is 0.416 e. The summed E-state index contributed by atoms with van der Waals surface area (Å²) in [6, 6.07) is 8.16. The molecule has 8 heteroatoms. The van der Waals surface area contributed by atoms with E-state index in [1.807, 2.05) is 0 Å². The highest BCUT2D eigenvalue weighted by Crippen LogP contribution is 2.36. The van der Waals surface area contributed by atoms with Gasteiger partial charge in [0.25, 0.3) is 0 Å². The van der Waals surface area contributed by atoms with Crippen LogP contribution >= 0.6 is 0 Å². The highest BCUT2D eigenvalue weighted by atomic mass is 19.4. The molecule has 0 saturated carbocycles. The molecule has 0 fully saturated rings. The van der Waals surface area contributed by atoms with E-state index in [0.29, 0.717) is 11.1 Å². The lowest BCUT2D eigenvalue weighted by atomic mass is 9.91. The first-order valence-electron chi connectivity index (χ1n) is 7.76. The van der Waals surface area contributed by atoms with Crippen LogP contribution in [0.4, 0.5) is 26.3 Å². The molecule has 2 rings (SSSR count). The van der Waals surface area contributed by atoms with Gasteiger partial charge in [-0.3, -0.25) is 0 Å². The first-order chi connectivity index (χ1) is 12.1. The van der Waals surface area contributed by atoms with Crippen molar-refractivity contribution in [3.63, 3.8) is 0 Å². The van der Waals surface area contributed by atoms with Gasteiger partial charge in [-0.1, -0.05) is 24.3 Å². The Labute approximate surface area is 147 Å². The molecule has 0 bridgehead atoms. The normalized spacial score (nSPS) is 14.9. The molecule has 0 amide bonds. The lowest BCUT2D eigenvalue weighted by Gasteiger charge is -2.28. The summed E-state index contributed by atoms with van der Waals surface area (Å²) in [5, 5.41) is 5.79. The van der Waals surface area contributed by atoms with E-state index in [9.17, 15) is 26.3 Å². The zero-order valence-corrected chi connectivity index (χ0v) is 14.0. The second kappa shape index (κ2) is 7.67.